The van der Waals surface area contributed by atoms with Gasteiger partial charge in [-0.1, -0.05) is 12.1 Å². The van der Waals surface area contributed by atoms with Crippen molar-refractivity contribution >= 4 is 5.91 Å². The predicted molar refractivity (Wildman–Crippen MR) is 52.5 cm³/mol. The lowest BCUT2D eigenvalue weighted by atomic mass is 10.0. The van der Waals surface area contributed by atoms with Gasteiger partial charge in [0.25, 0.3) is 0 Å². The summed E-state index contributed by atoms with van der Waals surface area (Å²) in [5, 5.41) is 0. The monoisotopic (exact) mass is 178 g/mol. The molecule has 0 bridgehead atoms. The first-order valence-corrected chi connectivity index (χ1v) is 4.24. The van der Waals surface area contributed by atoms with Gasteiger partial charge in [0.1, 0.15) is 0 Å². The Labute approximate surface area is 77.7 Å². The summed E-state index contributed by atoms with van der Waals surface area (Å²) in [6.45, 7) is 2.50. The summed E-state index contributed by atoms with van der Waals surface area (Å²) in [4.78, 5) is 10.9. The van der Waals surface area contributed by atoms with Crippen molar-refractivity contribution in [1.29, 1.82) is 0 Å². The standard InChI is InChI=1S/C10H14N2O/c1-7-6-8(4-5-11)2-3-9(7)10(12)13/h2-3,6H,4-5,11H2,1H3,(H2,12,13). The Balaban J connectivity index is 2.98. The average Bonchev–Trinajstić information content (AvgIpc) is 2.04. The third-order valence-electron chi connectivity index (χ3n) is 1.99. The summed E-state index contributed by atoms with van der Waals surface area (Å²) in [6, 6.07) is 5.59. The highest BCUT2D eigenvalue weighted by molar-refractivity contribution is 5.94. The van der Waals surface area contributed by atoms with E-state index in [1.165, 1.54) is 0 Å². The van der Waals surface area contributed by atoms with Gasteiger partial charge in [0.2, 0.25) is 5.91 Å². The number of carbonyl (C=O) groups excluding carboxylic acids is 1. The third-order valence-corrected chi connectivity index (χ3v) is 1.99. The maximum Gasteiger partial charge on any atom is 0.248 e. The molecule has 0 heterocycles. The molecule has 1 aromatic rings. The zero-order chi connectivity index (χ0) is 9.84. The van der Waals surface area contributed by atoms with E-state index in [0.717, 1.165) is 17.5 Å². The van der Waals surface area contributed by atoms with Crippen LogP contribution in [0.1, 0.15) is 21.5 Å². The molecule has 0 unspecified atom stereocenters. The summed E-state index contributed by atoms with van der Waals surface area (Å²) in [5.74, 6) is -0.378. The maximum absolute atomic E-state index is 10.9. The van der Waals surface area contributed by atoms with Crippen molar-refractivity contribution in [2.45, 2.75) is 13.3 Å². The Morgan fingerprint density at radius 3 is 2.62 bits per heavy atom. The van der Waals surface area contributed by atoms with Crippen molar-refractivity contribution in [2.75, 3.05) is 6.54 Å². The molecule has 0 saturated heterocycles. The fourth-order valence-corrected chi connectivity index (χ4v) is 1.32. The molecule has 0 aromatic heterocycles. The zero-order valence-electron chi connectivity index (χ0n) is 7.71. The molecule has 70 valence electrons. The molecule has 1 aromatic carbocycles. The minimum absolute atomic E-state index is 0.378. The summed E-state index contributed by atoms with van der Waals surface area (Å²) in [7, 11) is 0. The normalized spacial score (nSPS) is 10.0. The molecular weight excluding hydrogens is 164 g/mol. The van der Waals surface area contributed by atoms with Crippen LogP contribution in [0.25, 0.3) is 0 Å². The number of carbonyl (C=O) groups is 1. The molecule has 0 radical (unpaired) electrons. The summed E-state index contributed by atoms with van der Waals surface area (Å²) in [5.41, 5.74) is 13.2. The minimum Gasteiger partial charge on any atom is -0.366 e. The molecule has 3 nitrogen and oxygen atoms in total. The SMILES string of the molecule is Cc1cc(CCN)ccc1C(N)=O. The average molecular weight is 178 g/mol. The number of aryl methyl sites for hydroxylation is 1. The van der Waals surface area contributed by atoms with Crippen LogP contribution in [0.3, 0.4) is 0 Å². The third kappa shape index (κ3) is 2.29. The molecule has 0 aliphatic rings. The van der Waals surface area contributed by atoms with E-state index < -0.39 is 0 Å². The number of hydrogen-bond acceptors (Lipinski definition) is 2. The Hall–Kier alpha value is -1.35. The molecule has 0 aliphatic heterocycles. The first kappa shape index (κ1) is 9.74. The highest BCUT2D eigenvalue weighted by Crippen LogP contribution is 2.10. The van der Waals surface area contributed by atoms with Gasteiger partial charge in [-0.15, -0.1) is 0 Å². The van der Waals surface area contributed by atoms with Crippen LogP contribution < -0.4 is 11.5 Å². The van der Waals surface area contributed by atoms with E-state index >= 15 is 0 Å². The highest BCUT2D eigenvalue weighted by Gasteiger charge is 2.04. The lowest BCUT2D eigenvalue weighted by Crippen LogP contribution is -2.13. The molecular formula is C10H14N2O. The van der Waals surface area contributed by atoms with Crippen LogP contribution in [0, 0.1) is 6.92 Å². The molecule has 0 saturated carbocycles. The predicted octanol–water partition coefficient (Wildman–Crippen LogP) is 0.595. The number of amides is 1. The number of benzene rings is 1. The Kier molecular flexibility index (Phi) is 3.03. The van der Waals surface area contributed by atoms with Crippen LogP contribution in [0.2, 0.25) is 0 Å². The van der Waals surface area contributed by atoms with Crippen molar-refractivity contribution in [1.82, 2.24) is 0 Å². The van der Waals surface area contributed by atoms with Gasteiger partial charge in [0.15, 0.2) is 0 Å². The number of rotatable bonds is 3. The fraction of sp³-hybridized carbons (Fsp3) is 0.300. The van der Waals surface area contributed by atoms with Gasteiger partial charge in [-0.3, -0.25) is 4.79 Å². The minimum atomic E-state index is -0.378. The molecule has 4 N–H and O–H groups in total. The van der Waals surface area contributed by atoms with Crippen molar-refractivity contribution in [3.63, 3.8) is 0 Å². The summed E-state index contributed by atoms with van der Waals surface area (Å²) in [6.07, 6.45) is 0.833. The quantitative estimate of drug-likeness (QED) is 0.711. The first-order chi connectivity index (χ1) is 6.15. The van der Waals surface area contributed by atoms with Crippen LogP contribution in [0.4, 0.5) is 0 Å². The number of primary amides is 1. The zero-order valence-corrected chi connectivity index (χ0v) is 7.71. The second-order valence-corrected chi connectivity index (χ2v) is 3.05. The molecule has 0 fully saturated rings. The van der Waals surface area contributed by atoms with Gasteiger partial charge in [-0.05, 0) is 37.1 Å². The van der Waals surface area contributed by atoms with Crippen LogP contribution in [0.5, 0.6) is 0 Å². The van der Waals surface area contributed by atoms with E-state index in [4.69, 9.17) is 11.5 Å². The molecule has 13 heavy (non-hydrogen) atoms. The highest BCUT2D eigenvalue weighted by atomic mass is 16.1. The second-order valence-electron chi connectivity index (χ2n) is 3.05. The van der Waals surface area contributed by atoms with Crippen LogP contribution in [-0.4, -0.2) is 12.5 Å². The summed E-state index contributed by atoms with van der Waals surface area (Å²) < 4.78 is 0. The van der Waals surface area contributed by atoms with E-state index in [0.29, 0.717) is 12.1 Å². The molecule has 0 atom stereocenters. The molecule has 0 spiro atoms. The van der Waals surface area contributed by atoms with E-state index in [1.807, 2.05) is 19.1 Å². The van der Waals surface area contributed by atoms with Gasteiger partial charge in [-0.2, -0.15) is 0 Å². The van der Waals surface area contributed by atoms with Gasteiger partial charge in [-0.25, -0.2) is 0 Å². The van der Waals surface area contributed by atoms with Crippen molar-refractivity contribution < 1.29 is 4.79 Å². The lowest BCUT2D eigenvalue weighted by molar-refractivity contribution is 0.0999. The van der Waals surface area contributed by atoms with Gasteiger partial charge in [0.05, 0.1) is 0 Å². The van der Waals surface area contributed by atoms with Crippen molar-refractivity contribution in [3.05, 3.63) is 34.9 Å². The smallest absolute Gasteiger partial charge is 0.248 e. The maximum atomic E-state index is 10.9. The molecule has 1 amide bonds. The topological polar surface area (TPSA) is 69.1 Å². The van der Waals surface area contributed by atoms with E-state index in [2.05, 4.69) is 0 Å². The Bertz CT molecular complexity index is 321. The van der Waals surface area contributed by atoms with Gasteiger partial charge < -0.3 is 11.5 Å². The fourth-order valence-electron chi connectivity index (χ4n) is 1.32. The first-order valence-electron chi connectivity index (χ1n) is 4.24. The largest absolute Gasteiger partial charge is 0.366 e. The van der Waals surface area contributed by atoms with Crippen LogP contribution >= 0.6 is 0 Å². The van der Waals surface area contributed by atoms with Crippen molar-refractivity contribution in [3.8, 4) is 0 Å². The van der Waals surface area contributed by atoms with E-state index in [1.54, 1.807) is 6.07 Å². The number of hydrogen-bond donors (Lipinski definition) is 2. The van der Waals surface area contributed by atoms with Crippen LogP contribution in [0.15, 0.2) is 18.2 Å². The van der Waals surface area contributed by atoms with Gasteiger partial charge in [0, 0.05) is 5.56 Å². The van der Waals surface area contributed by atoms with Crippen LogP contribution in [-0.2, 0) is 6.42 Å². The Morgan fingerprint density at radius 1 is 1.46 bits per heavy atom. The second kappa shape index (κ2) is 4.05. The van der Waals surface area contributed by atoms with E-state index in [9.17, 15) is 4.79 Å². The number of nitrogens with two attached hydrogens (primary N) is 2. The lowest BCUT2D eigenvalue weighted by Gasteiger charge is -2.04. The summed E-state index contributed by atoms with van der Waals surface area (Å²) >= 11 is 0. The Morgan fingerprint density at radius 2 is 2.15 bits per heavy atom. The van der Waals surface area contributed by atoms with E-state index in [-0.39, 0.29) is 5.91 Å². The molecule has 3 heteroatoms. The molecule has 1 rings (SSSR count). The van der Waals surface area contributed by atoms with Crippen molar-refractivity contribution in [2.24, 2.45) is 11.5 Å². The van der Waals surface area contributed by atoms with Gasteiger partial charge >= 0.3 is 0 Å². The molecule has 0 aliphatic carbocycles.